The average molecular weight is 560 g/mol. The van der Waals surface area contributed by atoms with Gasteiger partial charge in [0.15, 0.2) is 0 Å². The van der Waals surface area contributed by atoms with Crippen molar-refractivity contribution < 1.29 is 0 Å². The van der Waals surface area contributed by atoms with E-state index < -0.39 is 0 Å². The molecule has 3 heteroatoms. The van der Waals surface area contributed by atoms with Gasteiger partial charge < -0.3 is 0 Å². The van der Waals surface area contributed by atoms with Crippen molar-refractivity contribution in [3.63, 3.8) is 0 Å². The number of rotatable bonds is 2. The van der Waals surface area contributed by atoms with Crippen LogP contribution in [0.4, 0.5) is 17.3 Å². The van der Waals surface area contributed by atoms with E-state index in [9.17, 15) is 0 Å². The van der Waals surface area contributed by atoms with Crippen molar-refractivity contribution in [1.82, 2.24) is 9.55 Å². The number of benzene rings is 7. The predicted octanol–water partition coefficient (Wildman–Crippen LogP) is 10.9. The van der Waals surface area contributed by atoms with Gasteiger partial charge in [-0.15, -0.1) is 0 Å². The van der Waals surface area contributed by atoms with Gasteiger partial charge in [0.05, 0.1) is 28.1 Å². The van der Waals surface area contributed by atoms with E-state index in [4.69, 9.17) is 4.98 Å². The van der Waals surface area contributed by atoms with Crippen LogP contribution in [-0.2, 0) is 0 Å². The van der Waals surface area contributed by atoms with Crippen LogP contribution in [0.1, 0.15) is 0 Å². The molecule has 0 unspecified atom stereocenters. The summed E-state index contributed by atoms with van der Waals surface area (Å²) in [7, 11) is 0. The molecular weight excluding hydrogens is 534 g/mol. The Labute approximate surface area is 254 Å². The van der Waals surface area contributed by atoms with E-state index in [0.29, 0.717) is 0 Å². The van der Waals surface area contributed by atoms with E-state index in [1.807, 2.05) is 0 Å². The van der Waals surface area contributed by atoms with Crippen molar-refractivity contribution in [3.05, 3.63) is 152 Å². The average Bonchev–Trinajstić information content (AvgIpc) is 3.58. The number of aromatic nitrogens is 2. The maximum Gasteiger partial charge on any atom is 0.220 e. The maximum absolute atomic E-state index is 5.39. The quantitative estimate of drug-likeness (QED) is 0.210. The normalized spacial score (nSPS) is 12.5. The summed E-state index contributed by atoms with van der Waals surface area (Å²) in [5, 5.41) is 2.56. The Kier molecular flexibility index (Phi) is 4.72. The highest BCUT2D eigenvalue weighted by atomic mass is 15.3. The Morgan fingerprint density at radius 3 is 1.91 bits per heavy atom. The lowest BCUT2D eigenvalue weighted by Gasteiger charge is -2.25. The van der Waals surface area contributed by atoms with E-state index in [2.05, 4.69) is 161 Å². The van der Waals surface area contributed by atoms with Crippen LogP contribution in [0.3, 0.4) is 0 Å². The third-order valence-corrected chi connectivity index (χ3v) is 9.25. The van der Waals surface area contributed by atoms with Crippen LogP contribution in [0.5, 0.6) is 0 Å². The zero-order valence-corrected chi connectivity index (χ0v) is 23.8. The summed E-state index contributed by atoms with van der Waals surface area (Å²) in [6, 6.07) is 54.8. The van der Waals surface area contributed by atoms with Crippen LogP contribution in [0.25, 0.3) is 72.0 Å². The zero-order valence-electron chi connectivity index (χ0n) is 23.8. The molecular formula is C41H25N3. The summed E-state index contributed by atoms with van der Waals surface area (Å²) in [5.74, 6) is 0.886. The molecule has 0 atom stereocenters. The molecule has 1 aliphatic carbocycles. The van der Waals surface area contributed by atoms with Gasteiger partial charge in [-0.1, -0.05) is 115 Å². The van der Waals surface area contributed by atoms with Crippen LogP contribution in [-0.4, -0.2) is 9.55 Å². The van der Waals surface area contributed by atoms with Crippen LogP contribution in [0, 0.1) is 0 Å². The lowest BCUT2D eigenvalue weighted by Crippen LogP contribution is -2.14. The first kappa shape index (κ1) is 23.6. The Morgan fingerprint density at radius 1 is 0.432 bits per heavy atom. The third-order valence-electron chi connectivity index (χ3n) is 9.25. The molecule has 1 aromatic heterocycles. The van der Waals surface area contributed by atoms with Gasteiger partial charge in [0.1, 0.15) is 0 Å². The second-order valence-corrected chi connectivity index (χ2v) is 11.6. The summed E-state index contributed by atoms with van der Waals surface area (Å²) >= 11 is 0. The first-order valence-electron chi connectivity index (χ1n) is 15.1. The molecule has 0 bridgehead atoms. The molecule has 204 valence electrons. The largest absolute Gasteiger partial charge is 0.280 e. The monoisotopic (exact) mass is 559 g/mol. The summed E-state index contributed by atoms with van der Waals surface area (Å²) in [6.45, 7) is 0. The molecule has 10 rings (SSSR count). The van der Waals surface area contributed by atoms with Crippen molar-refractivity contribution in [2.24, 2.45) is 0 Å². The molecule has 0 saturated heterocycles. The molecule has 44 heavy (non-hydrogen) atoms. The highest BCUT2D eigenvalue weighted by Crippen LogP contribution is 2.52. The standard InChI is InChI=1S/C41H25N3/c1-2-11-26(12-3-1)27-21-22-36-39(24-27)44-38-20-9-7-17-33(38)32-16-6-8-19-37(32)43(41(44)42-36)29-23-28-13-10-18-34-30-14-4-5-15-31(30)35(25-29)40(28)34/h1-25H. The molecule has 8 aromatic rings. The first-order chi connectivity index (χ1) is 21.8. The lowest BCUT2D eigenvalue weighted by molar-refractivity contribution is 1.05. The van der Waals surface area contributed by atoms with Crippen molar-refractivity contribution in [3.8, 4) is 50.2 Å². The summed E-state index contributed by atoms with van der Waals surface area (Å²) < 4.78 is 2.35. The maximum atomic E-state index is 5.39. The number of nitrogens with zero attached hydrogens (tertiary/aromatic N) is 3. The minimum Gasteiger partial charge on any atom is -0.280 e. The van der Waals surface area contributed by atoms with E-state index >= 15 is 0 Å². The Bertz CT molecular complexity index is 2450. The zero-order chi connectivity index (χ0) is 28.8. The van der Waals surface area contributed by atoms with Crippen molar-refractivity contribution in [2.75, 3.05) is 4.90 Å². The van der Waals surface area contributed by atoms with Gasteiger partial charge in [-0.05, 0) is 80.6 Å². The summed E-state index contributed by atoms with van der Waals surface area (Å²) in [5.41, 5.74) is 15.3. The van der Waals surface area contributed by atoms with Gasteiger partial charge in [-0.25, -0.2) is 4.98 Å². The fraction of sp³-hybridized carbons (Fsp3) is 0. The van der Waals surface area contributed by atoms with Gasteiger partial charge in [-0.3, -0.25) is 9.47 Å². The predicted molar refractivity (Wildman–Crippen MR) is 182 cm³/mol. The van der Waals surface area contributed by atoms with E-state index in [-0.39, 0.29) is 0 Å². The molecule has 0 fully saturated rings. The molecule has 7 aromatic carbocycles. The molecule has 0 saturated carbocycles. The molecule has 3 nitrogen and oxygen atoms in total. The molecule has 0 amide bonds. The molecule has 2 heterocycles. The third kappa shape index (κ3) is 3.18. The lowest BCUT2D eigenvalue weighted by atomic mass is 9.99. The van der Waals surface area contributed by atoms with Crippen LogP contribution in [0.15, 0.2) is 152 Å². The SMILES string of the molecule is c1ccc(-c2ccc3nc4n(c3c2)-c2ccccc2-c2ccccc2N4c2cc3c4c(cccc4c2)-c2ccccc2-3)cc1. The molecule has 0 spiro atoms. The smallest absolute Gasteiger partial charge is 0.220 e. The Hall–Kier alpha value is -5.93. The van der Waals surface area contributed by atoms with Gasteiger partial charge in [0.2, 0.25) is 5.95 Å². The van der Waals surface area contributed by atoms with E-state index in [0.717, 1.165) is 34.0 Å². The fourth-order valence-electron chi connectivity index (χ4n) is 7.35. The van der Waals surface area contributed by atoms with Gasteiger partial charge in [0, 0.05) is 11.1 Å². The number of para-hydroxylation sites is 2. The molecule has 0 radical (unpaired) electrons. The van der Waals surface area contributed by atoms with Crippen LogP contribution >= 0.6 is 0 Å². The second-order valence-electron chi connectivity index (χ2n) is 11.6. The number of imidazole rings is 1. The van der Waals surface area contributed by atoms with Crippen LogP contribution < -0.4 is 4.90 Å². The number of hydrogen-bond acceptors (Lipinski definition) is 2. The molecule has 2 aliphatic rings. The fourth-order valence-corrected chi connectivity index (χ4v) is 7.35. The molecule has 1 aliphatic heterocycles. The highest BCUT2D eigenvalue weighted by Gasteiger charge is 2.31. The topological polar surface area (TPSA) is 21.1 Å². The second kappa shape index (κ2) is 8.79. The Morgan fingerprint density at radius 2 is 1.09 bits per heavy atom. The number of anilines is 3. The van der Waals surface area contributed by atoms with Crippen molar-refractivity contribution in [2.45, 2.75) is 0 Å². The van der Waals surface area contributed by atoms with Gasteiger partial charge in [-0.2, -0.15) is 0 Å². The van der Waals surface area contributed by atoms with Gasteiger partial charge >= 0.3 is 0 Å². The molecule has 0 N–H and O–H groups in total. The Balaban J connectivity index is 1.31. The number of fused-ring (bicyclic) bond motifs is 10. The minimum atomic E-state index is 0.886. The van der Waals surface area contributed by atoms with Crippen molar-refractivity contribution in [1.29, 1.82) is 0 Å². The van der Waals surface area contributed by atoms with Gasteiger partial charge in [0.25, 0.3) is 0 Å². The number of hydrogen-bond donors (Lipinski definition) is 0. The van der Waals surface area contributed by atoms with E-state index in [1.54, 1.807) is 0 Å². The summed E-state index contributed by atoms with van der Waals surface area (Å²) in [6.07, 6.45) is 0. The minimum absolute atomic E-state index is 0.886. The van der Waals surface area contributed by atoms with Crippen LogP contribution in [0.2, 0.25) is 0 Å². The van der Waals surface area contributed by atoms with Crippen molar-refractivity contribution >= 4 is 39.1 Å². The first-order valence-corrected chi connectivity index (χ1v) is 15.1. The highest BCUT2D eigenvalue weighted by molar-refractivity contribution is 6.17. The summed E-state index contributed by atoms with van der Waals surface area (Å²) in [4.78, 5) is 7.75. The van der Waals surface area contributed by atoms with E-state index in [1.165, 1.54) is 55.3 Å².